The number of unbranched alkanes of at least 4 members (excludes halogenated alkanes) is 5. The van der Waals surface area contributed by atoms with Gasteiger partial charge in [0.1, 0.15) is 0 Å². The van der Waals surface area contributed by atoms with Crippen LogP contribution >= 0.6 is 0 Å². The van der Waals surface area contributed by atoms with Gasteiger partial charge in [-0.2, -0.15) is 5.26 Å². The summed E-state index contributed by atoms with van der Waals surface area (Å²) >= 11 is 0. The van der Waals surface area contributed by atoms with Crippen molar-refractivity contribution in [2.75, 3.05) is 0 Å². The lowest BCUT2D eigenvalue weighted by Crippen LogP contribution is -2.27. The number of rotatable bonds is 12. The average molecular weight is 374 g/mol. The highest BCUT2D eigenvalue weighted by Crippen LogP contribution is 2.45. The summed E-state index contributed by atoms with van der Waals surface area (Å²) < 4.78 is 0. The predicted molar refractivity (Wildman–Crippen MR) is 118 cm³/mol. The van der Waals surface area contributed by atoms with E-state index in [1.54, 1.807) is 0 Å². The molecule has 2 aliphatic rings. The second kappa shape index (κ2) is 12.9. The Morgan fingerprint density at radius 1 is 0.667 bits per heavy atom. The van der Waals surface area contributed by atoms with Crippen LogP contribution in [0.1, 0.15) is 136 Å². The van der Waals surface area contributed by atoms with Crippen LogP contribution in [0.5, 0.6) is 0 Å². The van der Waals surface area contributed by atoms with E-state index in [2.05, 4.69) is 19.9 Å². The third kappa shape index (κ3) is 8.17. The summed E-state index contributed by atoms with van der Waals surface area (Å²) in [5.41, 5.74) is 0.0395. The van der Waals surface area contributed by atoms with Gasteiger partial charge >= 0.3 is 0 Å². The van der Waals surface area contributed by atoms with E-state index < -0.39 is 0 Å². The van der Waals surface area contributed by atoms with E-state index in [1.807, 2.05) is 0 Å². The molecule has 0 saturated heterocycles. The summed E-state index contributed by atoms with van der Waals surface area (Å²) in [5, 5.41) is 9.92. The minimum Gasteiger partial charge on any atom is -0.198 e. The van der Waals surface area contributed by atoms with Crippen molar-refractivity contribution in [2.24, 2.45) is 23.2 Å². The minimum atomic E-state index is 0.0395. The average Bonchev–Trinajstić information content (AvgIpc) is 2.72. The highest BCUT2D eigenvalue weighted by molar-refractivity contribution is 5.01. The summed E-state index contributed by atoms with van der Waals surface area (Å²) in [7, 11) is 0. The number of hydrogen-bond donors (Lipinski definition) is 0. The topological polar surface area (TPSA) is 23.8 Å². The predicted octanol–water partition coefficient (Wildman–Crippen LogP) is 8.82. The van der Waals surface area contributed by atoms with Crippen molar-refractivity contribution < 1.29 is 0 Å². The third-order valence-corrected chi connectivity index (χ3v) is 7.98. The Bertz CT molecular complexity index is 404. The fourth-order valence-electron chi connectivity index (χ4n) is 5.76. The first kappa shape index (κ1) is 22.8. The standard InChI is InChI=1S/C26H47N/c1-3-5-7-8-9-11-24-16-19-26(22-27,20-17-24)21-18-25-14-12-23(13-15-25)10-6-4-2/h23-25H,3-21H2,1-2H3. The van der Waals surface area contributed by atoms with E-state index >= 15 is 0 Å². The van der Waals surface area contributed by atoms with E-state index in [4.69, 9.17) is 0 Å². The van der Waals surface area contributed by atoms with Crippen molar-refractivity contribution in [3.05, 3.63) is 0 Å². The summed E-state index contributed by atoms with van der Waals surface area (Å²) in [6.45, 7) is 4.61. The van der Waals surface area contributed by atoms with Gasteiger partial charge in [0, 0.05) is 0 Å². The molecule has 2 saturated carbocycles. The second-order valence-electron chi connectivity index (χ2n) is 10.1. The molecule has 0 atom stereocenters. The van der Waals surface area contributed by atoms with E-state index in [-0.39, 0.29) is 5.41 Å². The maximum atomic E-state index is 9.92. The van der Waals surface area contributed by atoms with Crippen molar-refractivity contribution in [3.63, 3.8) is 0 Å². The summed E-state index contributed by atoms with van der Waals surface area (Å²) in [5.74, 6) is 2.85. The normalized spacial score (nSPS) is 31.5. The smallest absolute Gasteiger partial charge is 0.0689 e. The lowest BCUT2D eigenvalue weighted by atomic mass is 9.66. The fourth-order valence-corrected chi connectivity index (χ4v) is 5.76. The lowest BCUT2D eigenvalue weighted by molar-refractivity contribution is 0.162. The molecule has 0 aliphatic heterocycles. The molecule has 2 aliphatic carbocycles. The Balaban J connectivity index is 1.62. The molecule has 0 amide bonds. The molecule has 0 aromatic carbocycles. The quantitative estimate of drug-likeness (QED) is 0.313. The van der Waals surface area contributed by atoms with Crippen LogP contribution in [0.3, 0.4) is 0 Å². The molecule has 0 radical (unpaired) electrons. The SMILES string of the molecule is CCCCCCCC1CCC(C#N)(CCC2CCC(CCCC)CC2)CC1. The summed E-state index contributed by atoms with van der Waals surface area (Å²) in [6.07, 6.45) is 26.0. The largest absolute Gasteiger partial charge is 0.198 e. The van der Waals surface area contributed by atoms with Crippen LogP contribution in [0.2, 0.25) is 0 Å². The first-order chi connectivity index (χ1) is 13.2. The molecule has 2 rings (SSSR count). The van der Waals surface area contributed by atoms with E-state index in [1.165, 1.54) is 122 Å². The first-order valence-electron chi connectivity index (χ1n) is 12.6. The van der Waals surface area contributed by atoms with Crippen LogP contribution < -0.4 is 0 Å². The Morgan fingerprint density at radius 3 is 1.78 bits per heavy atom. The van der Waals surface area contributed by atoms with Gasteiger partial charge in [0.2, 0.25) is 0 Å². The molecule has 0 aromatic heterocycles. The molecule has 2 fully saturated rings. The molecule has 0 spiro atoms. The van der Waals surface area contributed by atoms with Gasteiger partial charge in [0.15, 0.2) is 0 Å². The molecular formula is C26H47N. The van der Waals surface area contributed by atoms with Gasteiger partial charge in [-0.05, 0) is 56.3 Å². The maximum Gasteiger partial charge on any atom is 0.0689 e. The van der Waals surface area contributed by atoms with E-state index in [0.717, 1.165) is 17.8 Å². The molecular weight excluding hydrogens is 326 g/mol. The molecule has 0 aromatic rings. The van der Waals surface area contributed by atoms with Gasteiger partial charge < -0.3 is 0 Å². The van der Waals surface area contributed by atoms with Crippen LogP contribution in [-0.4, -0.2) is 0 Å². The number of nitrogens with zero attached hydrogens (tertiary/aromatic N) is 1. The monoisotopic (exact) mass is 373 g/mol. The Kier molecular flexibility index (Phi) is 10.8. The highest BCUT2D eigenvalue weighted by atomic mass is 14.4. The zero-order chi connectivity index (χ0) is 19.4. The highest BCUT2D eigenvalue weighted by Gasteiger charge is 2.36. The van der Waals surface area contributed by atoms with Crippen LogP contribution in [-0.2, 0) is 0 Å². The molecule has 0 N–H and O–H groups in total. The van der Waals surface area contributed by atoms with Crippen molar-refractivity contribution in [1.82, 2.24) is 0 Å². The summed E-state index contributed by atoms with van der Waals surface area (Å²) in [6, 6.07) is 2.80. The molecule has 0 unspecified atom stereocenters. The maximum absolute atomic E-state index is 9.92. The Hall–Kier alpha value is -0.510. The number of nitriles is 1. The Labute approximate surface area is 170 Å². The molecule has 27 heavy (non-hydrogen) atoms. The van der Waals surface area contributed by atoms with Gasteiger partial charge in [-0.25, -0.2) is 0 Å². The van der Waals surface area contributed by atoms with Gasteiger partial charge in [-0.3, -0.25) is 0 Å². The van der Waals surface area contributed by atoms with Crippen molar-refractivity contribution in [2.45, 2.75) is 136 Å². The lowest BCUT2D eigenvalue weighted by Gasteiger charge is -2.37. The van der Waals surface area contributed by atoms with E-state index in [9.17, 15) is 5.26 Å². The van der Waals surface area contributed by atoms with Gasteiger partial charge in [0.05, 0.1) is 11.5 Å². The Morgan fingerprint density at radius 2 is 1.19 bits per heavy atom. The van der Waals surface area contributed by atoms with Crippen LogP contribution in [0, 0.1) is 34.5 Å². The molecule has 0 bridgehead atoms. The second-order valence-corrected chi connectivity index (χ2v) is 10.1. The van der Waals surface area contributed by atoms with Crippen LogP contribution in [0.15, 0.2) is 0 Å². The fraction of sp³-hybridized carbons (Fsp3) is 0.962. The minimum absolute atomic E-state index is 0.0395. The van der Waals surface area contributed by atoms with E-state index in [0.29, 0.717) is 0 Å². The third-order valence-electron chi connectivity index (χ3n) is 7.98. The first-order valence-corrected chi connectivity index (χ1v) is 12.6. The van der Waals surface area contributed by atoms with Crippen LogP contribution in [0.25, 0.3) is 0 Å². The van der Waals surface area contributed by atoms with Gasteiger partial charge in [0.25, 0.3) is 0 Å². The zero-order valence-electron chi connectivity index (χ0n) is 18.6. The molecule has 1 nitrogen and oxygen atoms in total. The molecule has 0 heterocycles. The number of hydrogen-bond acceptors (Lipinski definition) is 1. The summed E-state index contributed by atoms with van der Waals surface area (Å²) in [4.78, 5) is 0. The van der Waals surface area contributed by atoms with Crippen molar-refractivity contribution in [1.29, 1.82) is 5.26 Å². The zero-order valence-corrected chi connectivity index (χ0v) is 18.6. The molecule has 156 valence electrons. The van der Waals surface area contributed by atoms with Crippen LogP contribution in [0.4, 0.5) is 0 Å². The van der Waals surface area contributed by atoms with Crippen molar-refractivity contribution >= 4 is 0 Å². The molecule has 1 heteroatoms. The van der Waals surface area contributed by atoms with Gasteiger partial charge in [-0.1, -0.05) is 97.3 Å². The van der Waals surface area contributed by atoms with Gasteiger partial charge in [-0.15, -0.1) is 0 Å². The van der Waals surface area contributed by atoms with Crippen molar-refractivity contribution in [3.8, 4) is 6.07 Å².